The molecular formula is C24H32N2O3S. The summed E-state index contributed by atoms with van der Waals surface area (Å²) < 4.78 is 6.00. The second kappa shape index (κ2) is 8.06. The molecule has 1 atom stereocenters. The maximum atomic E-state index is 13.0. The minimum Gasteiger partial charge on any atom is -0.478 e. The van der Waals surface area contributed by atoms with Crippen molar-refractivity contribution in [1.29, 1.82) is 0 Å². The first-order valence-corrected chi connectivity index (χ1v) is 11.3. The van der Waals surface area contributed by atoms with Crippen molar-refractivity contribution in [2.75, 3.05) is 5.32 Å². The maximum absolute atomic E-state index is 13.0. The first kappa shape index (κ1) is 22.3. The Hall–Kier alpha value is -2.34. The van der Waals surface area contributed by atoms with Gasteiger partial charge >= 0.3 is 0 Å². The van der Waals surface area contributed by atoms with E-state index >= 15 is 0 Å². The van der Waals surface area contributed by atoms with Gasteiger partial charge in [0.25, 0.3) is 11.8 Å². The SMILES string of the molecule is C[C@H]1CCc2c(sc(NC(=O)C(C)(C)Oc3ccc(C(C)(C)C)cc3)c2C(N)=O)C1. The van der Waals surface area contributed by atoms with Gasteiger partial charge in [0, 0.05) is 4.88 Å². The number of primary amides is 1. The maximum Gasteiger partial charge on any atom is 0.268 e. The smallest absolute Gasteiger partial charge is 0.268 e. The minimum atomic E-state index is -1.12. The average molecular weight is 429 g/mol. The van der Waals surface area contributed by atoms with E-state index in [-0.39, 0.29) is 11.3 Å². The molecule has 0 aliphatic heterocycles. The summed E-state index contributed by atoms with van der Waals surface area (Å²) in [6, 6.07) is 7.80. The normalized spacial score (nSPS) is 16.7. The third-order valence-corrected chi connectivity index (χ3v) is 6.80. The minimum absolute atomic E-state index is 0.0480. The van der Waals surface area contributed by atoms with Crippen LogP contribution >= 0.6 is 11.3 Å². The lowest BCUT2D eigenvalue weighted by molar-refractivity contribution is -0.128. The molecule has 0 unspecified atom stereocenters. The van der Waals surface area contributed by atoms with Crippen LogP contribution in [-0.2, 0) is 23.1 Å². The Morgan fingerprint density at radius 3 is 2.33 bits per heavy atom. The van der Waals surface area contributed by atoms with Crippen LogP contribution in [0.5, 0.6) is 5.75 Å². The summed E-state index contributed by atoms with van der Waals surface area (Å²) in [6.45, 7) is 12.1. The van der Waals surface area contributed by atoms with Crippen molar-refractivity contribution < 1.29 is 14.3 Å². The molecule has 162 valence electrons. The molecule has 5 nitrogen and oxygen atoms in total. The van der Waals surface area contributed by atoms with Crippen LogP contribution in [0.3, 0.4) is 0 Å². The summed E-state index contributed by atoms with van der Waals surface area (Å²) in [5, 5.41) is 3.45. The van der Waals surface area contributed by atoms with Gasteiger partial charge in [-0.2, -0.15) is 0 Å². The van der Waals surface area contributed by atoms with Crippen molar-refractivity contribution in [3.63, 3.8) is 0 Å². The summed E-state index contributed by atoms with van der Waals surface area (Å²) in [4.78, 5) is 26.3. The number of carbonyl (C=O) groups is 2. The second-order valence-electron chi connectivity index (χ2n) is 9.76. The summed E-state index contributed by atoms with van der Waals surface area (Å²) in [7, 11) is 0. The highest BCUT2D eigenvalue weighted by molar-refractivity contribution is 7.17. The van der Waals surface area contributed by atoms with Gasteiger partial charge in [-0.1, -0.05) is 39.8 Å². The zero-order valence-electron chi connectivity index (χ0n) is 18.7. The number of hydrogen-bond acceptors (Lipinski definition) is 4. The Bertz CT molecular complexity index is 952. The molecule has 0 fully saturated rings. The molecule has 2 amide bonds. The first-order valence-electron chi connectivity index (χ1n) is 10.4. The summed E-state index contributed by atoms with van der Waals surface area (Å²) in [5.41, 5.74) is 7.25. The number of thiophene rings is 1. The van der Waals surface area contributed by atoms with Gasteiger partial charge in [-0.05, 0) is 67.7 Å². The van der Waals surface area contributed by atoms with Crippen LogP contribution in [0.4, 0.5) is 5.00 Å². The van der Waals surface area contributed by atoms with Gasteiger partial charge in [0.2, 0.25) is 0 Å². The van der Waals surface area contributed by atoms with E-state index in [4.69, 9.17) is 10.5 Å². The Morgan fingerprint density at radius 2 is 1.77 bits per heavy atom. The van der Waals surface area contributed by atoms with Crippen LogP contribution in [0.1, 0.15) is 74.3 Å². The fraction of sp³-hybridized carbons (Fsp3) is 0.500. The fourth-order valence-electron chi connectivity index (χ4n) is 3.72. The molecule has 0 spiro atoms. The van der Waals surface area contributed by atoms with E-state index in [1.165, 1.54) is 16.9 Å². The van der Waals surface area contributed by atoms with Crippen LogP contribution in [0.2, 0.25) is 0 Å². The summed E-state index contributed by atoms with van der Waals surface area (Å²) >= 11 is 1.46. The Kier molecular flexibility index (Phi) is 6.01. The topological polar surface area (TPSA) is 81.4 Å². The van der Waals surface area contributed by atoms with Crippen molar-refractivity contribution in [2.45, 2.75) is 71.8 Å². The monoisotopic (exact) mass is 428 g/mol. The van der Waals surface area contributed by atoms with Gasteiger partial charge in [0.15, 0.2) is 5.60 Å². The third-order valence-electron chi connectivity index (χ3n) is 5.63. The van der Waals surface area contributed by atoms with Gasteiger partial charge in [0.1, 0.15) is 10.8 Å². The van der Waals surface area contributed by atoms with E-state index in [1.54, 1.807) is 13.8 Å². The quantitative estimate of drug-likeness (QED) is 0.698. The molecule has 0 saturated heterocycles. The van der Waals surface area contributed by atoms with Crippen LogP contribution in [0.15, 0.2) is 24.3 Å². The molecule has 0 bridgehead atoms. The van der Waals surface area contributed by atoms with Crippen molar-refractivity contribution in [3.05, 3.63) is 45.8 Å². The van der Waals surface area contributed by atoms with E-state index in [9.17, 15) is 9.59 Å². The first-order chi connectivity index (χ1) is 13.9. The predicted octanol–water partition coefficient (Wildman–Crippen LogP) is 5.07. The van der Waals surface area contributed by atoms with E-state index < -0.39 is 11.5 Å². The van der Waals surface area contributed by atoms with Gasteiger partial charge in [0.05, 0.1) is 5.56 Å². The average Bonchev–Trinajstić information content (AvgIpc) is 2.98. The van der Waals surface area contributed by atoms with Crippen molar-refractivity contribution >= 4 is 28.2 Å². The number of nitrogens with two attached hydrogens (primary N) is 1. The molecule has 1 heterocycles. The molecule has 30 heavy (non-hydrogen) atoms. The number of hydrogen-bond donors (Lipinski definition) is 2. The van der Waals surface area contributed by atoms with E-state index in [1.807, 2.05) is 24.3 Å². The summed E-state index contributed by atoms with van der Waals surface area (Å²) in [5.74, 6) is 0.388. The Morgan fingerprint density at radius 1 is 1.13 bits per heavy atom. The van der Waals surface area contributed by atoms with Gasteiger partial charge < -0.3 is 15.8 Å². The lowest BCUT2D eigenvalue weighted by Crippen LogP contribution is -2.42. The van der Waals surface area contributed by atoms with Crippen LogP contribution < -0.4 is 15.8 Å². The van der Waals surface area contributed by atoms with Crippen molar-refractivity contribution in [3.8, 4) is 5.75 Å². The predicted molar refractivity (Wildman–Crippen MR) is 123 cm³/mol. The van der Waals surface area contributed by atoms with Crippen LogP contribution in [0, 0.1) is 5.92 Å². The molecule has 1 aromatic carbocycles. The van der Waals surface area contributed by atoms with E-state index in [0.29, 0.717) is 22.2 Å². The number of benzene rings is 1. The number of nitrogens with one attached hydrogen (secondary N) is 1. The molecule has 1 aliphatic rings. The number of amides is 2. The molecule has 1 aliphatic carbocycles. The molecule has 2 aromatic rings. The highest BCUT2D eigenvalue weighted by atomic mass is 32.1. The third kappa shape index (κ3) is 4.69. The lowest BCUT2D eigenvalue weighted by atomic mass is 9.87. The standard InChI is InChI=1S/C24H32N2O3S/c1-14-7-12-17-18(13-14)30-21(19(17)20(25)27)26-22(28)24(5,6)29-16-10-8-15(9-11-16)23(2,3)4/h8-11,14H,7,12-13H2,1-6H3,(H2,25,27)(H,26,28)/t14-/m0/s1. The number of carbonyl (C=O) groups excluding carboxylic acids is 2. The highest BCUT2D eigenvalue weighted by Gasteiger charge is 2.33. The van der Waals surface area contributed by atoms with Gasteiger partial charge in [-0.15, -0.1) is 11.3 Å². The van der Waals surface area contributed by atoms with Gasteiger partial charge in [-0.25, -0.2) is 0 Å². The van der Waals surface area contributed by atoms with Crippen molar-refractivity contribution in [2.24, 2.45) is 11.7 Å². The Labute approximate surface area is 183 Å². The van der Waals surface area contributed by atoms with E-state index in [2.05, 4.69) is 33.0 Å². The molecule has 3 N–H and O–H groups in total. The van der Waals surface area contributed by atoms with E-state index in [0.717, 1.165) is 29.7 Å². The molecule has 6 heteroatoms. The second-order valence-corrected chi connectivity index (χ2v) is 10.9. The number of anilines is 1. The molecule has 1 aromatic heterocycles. The fourth-order valence-corrected chi connectivity index (χ4v) is 5.13. The van der Waals surface area contributed by atoms with Crippen LogP contribution in [0.25, 0.3) is 0 Å². The summed E-state index contributed by atoms with van der Waals surface area (Å²) in [6.07, 6.45) is 2.76. The molecule has 3 rings (SSSR count). The zero-order valence-corrected chi connectivity index (χ0v) is 19.5. The molecule has 0 radical (unpaired) electrons. The number of rotatable bonds is 5. The number of fused-ring (bicyclic) bond motifs is 1. The van der Waals surface area contributed by atoms with Crippen LogP contribution in [-0.4, -0.2) is 17.4 Å². The molecular weight excluding hydrogens is 396 g/mol. The van der Waals surface area contributed by atoms with Gasteiger partial charge in [-0.3, -0.25) is 9.59 Å². The Balaban J connectivity index is 1.79. The zero-order chi connectivity index (χ0) is 22.3. The lowest BCUT2D eigenvalue weighted by Gasteiger charge is -2.26. The highest BCUT2D eigenvalue weighted by Crippen LogP contribution is 2.40. The van der Waals surface area contributed by atoms with Crippen molar-refractivity contribution in [1.82, 2.24) is 0 Å². The molecule has 0 saturated carbocycles. The largest absolute Gasteiger partial charge is 0.478 e. The number of ether oxygens (including phenoxy) is 1.